The Morgan fingerprint density at radius 1 is 0.880 bits per heavy atom. The first-order valence-electron chi connectivity index (χ1n) is 6.86. The number of halogens is 7. The highest BCUT2D eigenvalue weighted by atomic mass is 127. The zero-order chi connectivity index (χ0) is 18.9. The van der Waals surface area contributed by atoms with Crippen molar-refractivity contribution in [1.82, 2.24) is 0 Å². The van der Waals surface area contributed by atoms with Crippen molar-refractivity contribution in [2.75, 3.05) is 0 Å². The molecule has 1 unspecified atom stereocenters. The molecule has 0 radical (unpaired) electrons. The van der Waals surface area contributed by atoms with Crippen LogP contribution in [0.3, 0.4) is 0 Å². The summed E-state index contributed by atoms with van der Waals surface area (Å²) in [5.74, 6) is -6.04. The monoisotopic (exact) mass is 472 g/mol. The molecule has 2 rings (SSSR count). The van der Waals surface area contributed by atoms with Gasteiger partial charge in [0.05, 0.1) is 0 Å². The van der Waals surface area contributed by atoms with E-state index in [1.165, 1.54) is 30.3 Å². The van der Waals surface area contributed by atoms with E-state index in [4.69, 9.17) is 0 Å². The van der Waals surface area contributed by atoms with Crippen LogP contribution >= 0.6 is 22.6 Å². The lowest BCUT2D eigenvalue weighted by Crippen LogP contribution is -2.54. The van der Waals surface area contributed by atoms with Crippen molar-refractivity contribution in [3.8, 4) is 0 Å². The van der Waals surface area contributed by atoms with Crippen molar-refractivity contribution in [2.45, 2.75) is 17.7 Å². The van der Waals surface area contributed by atoms with E-state index >= 15 is 0 Å². The van der Waals surface area contributed by atoms with Gasteiger partial charge in [0, 0.05) is 9.13 Å². The van der Waals surface area contributed by atoms with Crippen LogP contribution in [0.15, 0.2) is 54.6 Å². The fourth-order valence-corrected chi connectivity index (χ4v) is 2.94. The first kappa shape index (κ1) is 19.8. The smallest absolute Gasteiger partial charge is 0.375 e. The molecule has 25 heavy (non-hydrogen) atoms. The van der Waals surface area contributed by atoms with Gasteiger partial charge in [0.1, 0.15) is 5.82 Å². The lowest BCUT2D eigenvalue weighted by molar-refractivity contribution is -0.334. The van der Waals surface area contributed by atoms with Gasteiger partial charge in [-0.25, -0.2) is 4.39 Å². The van der Waals surface area contributed by atoms with Gasteiger partial charge in [0.15, 0.2) is 5.60 Å². The molecular formula is C17H11F6IO. The van der Waals surface area contributed by atoms with Crippen LogP contribution < -0.4 is 0 Å². The standard InChI is InChI=1S/C17H11F6IO/c18-12-7-5-11(6-8-12)9-10-15(25,16(19,20)17(21,22)23)13-3-1-2-4-14(13)24/h1-10,25H/b10-9+. The molecule has 0 aliphatic carbocycles. The van der Waals surface area contributed by atoms with Crippen molar-refractivity contribution in [3.05, 3.63) is 75.1 Å². The topological polar surface area (TPSA) is 20.2 Å². The molecule has 0 amide bonds. The molecular weight excluding hydrogens is 461 g/mol. The van der Waals surface area contributed by atoms with Crippen LogP contribution in [0.5, 0.6) is 0 Å². The Kier molecular flexibility index (Phi) is 5.53. The third kappa shape index (κ3) is 3.84. The van der Waals surface area contributed by atoms with Crippen molar-refractivity contribution in [1.29, 1.82) is 0 Å². The van der Waals surface area contributed by atoms with Crippen molar-refractivity contribution >= 4 is 28.7 Å². The van der Waals surface area contributed by atoms with E-state index in [0.717, 1.165) is 24.3 Å². The second-order valence-corrected chi connectivity index (χ2v) is 6.37. The summed E-state index contributed by atoms with van der Waals surface area (Å²) in [5, 5.41) is 10.4. The molecule has 0 spiro atoms. The molecule has 0 bridgehead atoms. The minimum atomic E-state index is -5.98. The van der Waals surface area contributed by atoms with Gasteiger partial charge in [-0.15, -0.1) is 0 Å². The van der Waals surface area contributed by atoms with E-state index in [1.807, 2.05) is 0 Å². The minimum Gasteiger partial charge on any atom is -0.375 e. The van der Waals surface area contributed by atoms with E-state index in [1.54, 1.807) is 22.6 Å². The number of benzene rings is 2. The van der Waals surface area contributed by atoms with Crippen molar-refractivity contribution < 1.29 is 31.4 Å². The predicted molar refractivity (Wildman–Crippen MR) is 89.5 cm³/mol. The third-order valence-corrected chi connectivity index (χ3v) is 4.45. The average molecular weight is 472 g/mol. The molecule has 0 saturated carbocycles. The highest BCUT2D eigenvalue weighted by Crippen LogP contribution is 2.50. The average Bonchev–Trinajstić information content (AvgIpc) is 2.53. The third-order valence-electron chi connectivity index (χ3n) is 3.51. The highest BCUT2D eigenvalue weighted by Gasteiger charge is 2.70. The maximum atomic E-state index is 14.1. The van der Waals surface area contributed by atoms with E-state index in [9.17, 15) is 31.4 Å². The Balaban J connectivity index is 2.61. The van der Waals surface area contributed by atoms with E-state index < -0.39 is 29.1 Å². The van der Waals surface area contributed by atoms with Crippen molar-refractivity contribution in [2.24, 2.45) is 0 Å². The summed E-state index contributed by atoms with van der Waals surface area (Å²) in [6.07, 6.45) is -4.71. The molecule has 1 nitrogen and oxygen atoms in total. The van der Waals surface area contributed by atoms with Crippen LogP contribution in [-0.4, -0.2) is 17.2 Å². The summed E-state index contributed by atoms with van der Waals surface area (Å²) in [4.78, 5) is 0. The summed E-state index contributed by atoms with van der Waals surface area (Å²) >= 11 is 1.57. The maximum absolute atomic E-state index is 14.1. The first-order valence-corrected chi connectivity index (χ1v) is 7.93. The number of rotatable bonds is 4. The van der Waals surface area contributed by atoms with Crippen LogP contribution in [0.25, 0.3) is 6.08 Å². The molecule has 0 fully saturated rings. The largest absolute Gasteiger partial charge is 0.457 e. The number of aliphatic hydroxyl groups is 1. The number of hydrogen-bond acceptors (Lipinski definition) is 1. The van der Waals surface area contributed by atoms with E-state index in [2.05, 4.69) is 0 Å². The molecule has 0 heterocycles. The highest BCUT2D eigenvalue weighted by molar-refractivity contribution is 14.1. The fraction of sp³-hybridized carbons (Fsp3) is 0.176. The maximum Gasteiger partial charge on any atom is 0.457 e. The Hall–Kier alpha value is -1.55. The zero-order valence-electron chi connectivity index (χ0n) is 12.4. The fourth-order valence-electron chi connectivity index (χ4n) is 2.14. The summed E-state index contributed by atoms with van der Waals surface area (Å²) in [5.41, 5.74) is -4.06. The van der Waals surface area contributed by atoms with Crippen LogP contribution in [0.4, 0.5) is 26.3 Å². The number of hydrogen-bond donors (Lipinski definition) is 1. The quantitative estimate of drug-likeness (QED) is 0.459. The summed E-state index contributed by atoms with van der Waals surface area (Å²) in [6, 6.07) is 9.42. The minimum absolute atomic E-state index is 0.0373. The second-order valence-electron chi connectivity index (χ2n) is 5.20. The second kappa shape index (κ2) is 6.99. The lowest BCUT2D eigenvalue weighted by atomic mass is 9.85. The van der Waals surface area contributed by atoms with Crippen molar-refractivity contribution in [3.63, 3.8) is 0 Å². The molecule has 0 aliphatic heterocycles. The van der Waals surface area contributed by atoms with Gasteiger partial charge in [-0.1, -0.05) is 36.4 Å². The lowest BCUT2D eigenvalue weighted by Gasteiger charge is -2.35. The van der Waals surface area contributed by atoms with Gasteiger partial charge >= 0.3 is 12.1 Å². The van der Waals surface area contributed by atoms with Crippen LogP contribution in [0.2, 0.25) is 0 Å². The normalized spacial score (nSPS) is 15.4. The summed E-state index contributed by atoms with van der Waals surface area (Å²) in [6.45, 7) is 0. The van der Waals surface area contributed by atoms with Crippen LogP contribution in [-0.2, 0) is 5.60 Å². The molecule has 0 saturated heterocycles. The van der Waals surface area contributed by atoms with Crippen LogP contribution in [0.1, 0.15) is 11.1 Å². The van der Waals surface area contributed by atoms with Gasteiger partial charge in [0.25, 0.3) is 0 Å². The molecule has 2 aromatic carbocycles. The zero-order valence-corrected chi connectivity index (χ0v) is 14.5. The number of alkyl halides is 5. The molecule has 134 valence electrons. The molecule has 0 aliphatic rings. The van der Waals surface area contributed by atoms with Gasteiger partial charge in [-0.05, 0) is 52.4 Å². The summed E-state index contributed by atoms with van der Waals surface area (Å²) < 4.78 is 79.9. The van der Waals surface area contributed by atoms with Crippen LogP contribution in [0, 0.1) is 9.39 Å². The van der Waals surface area contributed by atoms with E-state index in [0.29, 0.717) is 6.08 Å². The Labute approximate surface area is 153 Å². The molecule has 2 aromatic rings. The first-order chi connectivity index (χ1) is 11.5. The van der Waals surface area contributed by atoms with Gasteiger partial charge in [-0.2, -0.15) is 22.0 Å². The molecule has 1 atom stereocenters. The Morgan fingerprint density at radius 2 is 1.44 bits per heavy atom. The van der Waals surface area contributed by atoms with E-state index in [-0.39, 0.29) is 9.13 Å². The van der Waals surface area contributed by atoms with Gasteiger partial charge in [0.2, 0.25) is 0 Å². The summed E-state index contributed by atoms with van der Waals surface area (Å²) in [7, 11) is 0. The molecule has 8 heteroatoms. The SMILES string of the molecule is OC(/C=C/c1ccc(F)cc1)(c1ccccc1I)C(F)(F)C(F)(F)F. The molecule has 1 N–H and O–H groups in total. The Morgan fingerprint density at radius 3 is 1.96 bits per heavy atom. The predicted octanol–water partition coefficient (Wildman–Crippen LogP) is 5.53. The van der Waals surface area contributed by atoms with Gasteiger partial charge < -0.3 is 5.11 Å². The van der Waals surface area contributed by atoms with Gasteiger partial charge in [-0.3, -0.25) is 0 Å². The Bertz CT molecular complexity index is 769. The molecule has 0 aromatic heterocycles.